The molecule has 2 aliphatic carbocycles. The van der Waals surface area contributed by atoms with E-state index in [2.05, 4.69) is 120 Å². The van der Waals surface area contributed by atoms with Crippen LogP contribution in [0.3, 0.4) is 0 Å². The van der Waals surface area contributed by atoms with Gasteiger partial charge in [-0.2, -0.15) is 0 Å². The number of halogens is 2. The number of hydrogen-bond acceptors (Lipinski definition) is 0. The van der Waals surface area contributed by atoms with Gasteiger partial charge in [-0.25, -0.2) is 0 Å². The van der Waals surface area contributed by atoms with Gasteiger partial charge >= 0.3 is 221 Å². The van der Waals surface area contributed by atoms with Gasteiger partial charge in [-0.05, 0) is 0 Å². The molecular formula is C31H35Cl2SiZr. The van der Waals surface area contributed by atoms with E-state index in [9.17, 15) is 0 Å². The third-order valence-electron chi connectivity index (χ3n) is 8.41. The first-order valence-corrected chi connectivity index (χ1v) is 29.1. The molecule has 0 amide bonds. The monoisotopic (exact) mass is 595 g/mol. The number of allylic oxidation sites excluding steroid dienone is 2. The van der Waals surface area contributed by atoms with Gasteiger partial charge in [-0.1, -0.05) is 0 Å². The van der Waals surface area contributed by atoms with Crippen LogP contribution in [0.1, 0.15) is 55.8 Å². The SMILES string of the molecule is CC1=Cc2c(-c3ccccc3)cc(C)cc2[CH]1[Zr]([Cl])([Cl])([CH]1C(C(C)C)=Cc2ccccc21)[SiH](C)C. The Labute approximate surface area is 219 Å². The van der Waals surface area contributed by atoms with Crippen LogP contribution in [0.2, 0.25) is 13.1 Å². The van der Waals surface area contributed by atoms with E-state index in [1.165, 1.54) is 50.1 Å². The van der Waals surface area contributed by atoms with Crippen LogP contribution in [0.15, 0.2) is 77.9 Å². The molecule has 0 heterocycles. The van der Waals surface area contributed by atoms with E-state index in [1.807, 2.05) is 0 Å². The maximum atomic E-state index is 8.34. The molecule has 0 nitrogen and oxygen atoms in total. The van der Waals surface area contributed by atoms with Crippen molar-refractivity contribution in [1.82, 2.24) is 0 Å². The van der Waals surface area contributed by atoms with Crippen LogP contribution < -0.4 is 0 Å². The van der Waals surface area contributed by atoms with Crippen LogP contribution in [0.5, 0.6) is 0 Å². The Morgan fingerprint density at radius 1 is 0.800 bits per heavy atom. The predicted octanol–water partition coefficient (Wildman–Crippen LogP) is 9.89. The Morgan fingerprint density at radius 2 is 1.46 bits per heavy atom. The fourth-order valence-electron chi connectivity index (χ4n) is 6.67. The Balaban J connectivity index is 1.79. The second kappa shape index (κ2) is 8.98. The Bertz CT molecular complexity index is 1370. The first-order valence-electron chi connectivity index (χ1n) is 12.8. The number of fused-ring (bicyclic) bond motifs is 2. The zero-order chi connectivity index (χ0) is 25.1. The molecule has 0 radical (unpaired) electrons. The van der Waals surface area contributed by atoms with Crippen molar-refractivity contribution in [3.8, 4) is 11.1 Å². The van der Waals surface area contributed by atoms with E-state index < -0.39 is 21.5 Å². The van der Waals surface area contributed by atoms with Gasteiger partial charge in [0.2, 0.25) is 0 Å². The Hall–Kier alpha value is -1.18. The Morgan fingerprint density at radius 3 is 2.11 bits per heavy atom. The molecule has 4 heteroatoms. The van der Waals surface area contributed by atoms with Gasteiger partial charge in [0.1, 0.15) is 0 Å². The molecule has 0 saturated heterocycles. The van der Waals surface area contributed by atoms with Gasteiger partial charge in [-0.15, -0.1) is 0 Å². The molecule has 3 aromatic rings. The van der Waals surface area contributed by atoms with Crippen LogP contribution >= 0.6 is 17.0 Å². The molecule has 2 unspecified atom stereocenters. The normalized spacial score (nSPS) is 20.3. The minimum atomic E-state index is -4.59. The molecule has 0 aliphatic heterocycles. The van der Waals surface area contributed by atoms with Crippen molar-refractivity contribution in [2.75, 3.05) is 0 Å². The van der Waals surface area contributed by atoms with Gasteiger partial charge in [0.25, 0.3) is 0 Å². The second-order valence-electron chi connectivity index (χ2n) is 11.2. The average molecular weight is 598 g/mol. The van der Waals surface area contributed by atoms with Crippen LogP contribution in [0, 0.1) is 12.8 Å². The summed E-state index contributed by atoms with van der Waals surface area (Å²) in [7, 11) is 16.7. The van der Waals surface area contributed by atoms with Crippen molar-refractivity contribution in [3.63, 3.8) is 0 Å². The molecule has 0 aromatic heterocycles. The zero-order valence-electron chi connectivity index (χ0n) is 21.6. The fourth-order valence-corrected chi connectivity index (χ4v) is 38.9. The third kappa shape index (κ3) is 3.86. The molecule has 3 aromatic carbocycles. The molecule has 0 N–H and O–H groups in total. The van der Waals surface area contributed by atoms with Gasteiger partial charge < -0.3 is 0 Å². The van der Waals surface area contributed by atoms with Crippen molar-refractivity contribution in [1.29, 1.82) is 0 Å². The van der Waals surface area contributed by atoms with Crippen molar-refractivity contribution in [3.05, 3.63) is 106 Å². The molecule has 181 valence electrons. The zero-order valence-corrected chi connectivity index (χ0v) is 26.7. The van der Waals surface area contributed by atoms with Crippen LogP contribution in [-0.2, 0) is 15.6 Å². The van der Waals surface area contributed by atoms with Crippen LogP contribution in [-0.4, -0.2) is 5.92 Å². The summed E-state index contributed by atoms with van der Waals surface area (Å²) in [5, 5.41) is 0. The quantitative estimate of drug-likeness (QED) is 0.257. The maximum absolute atomic E-state index is 8.34. The summed E-state index contributed by atoms with van der Waals surface area (Å²) in [6.07, 6.45) is 4.80. The number of rotatable bonds is 5. The van der Waals surface area contributed by atoms with Gasteiger partial charge in [0, 0.05) is 0 Å². The van der Waals surface area contributed by atoms with E-state index >= 15 is 0 Å². The molecule has 0 fully saturated rings. The molecule has 2 aliphatic rings. The standard InChI is InChI=1S/C17H15.C12H13.C2H7Si.2ClH.Zr/c1-12-8-15-9-13(2)11-17(15)16(10-12)14-6-4-3-5-7-14;1-9(2)12-7-10-5-3-4-6-11(10)8-12;1-3-2;;;/h3-11H,1-2H3;3-9H,1-2H3;3H,1-2H3;2*1H;/q;;;;;+2/p-2. The topological polar surface area (TPSA) is 0 Å². The Kier molecular flexibility index (Phi) is 6.54. The fraction of sp³-hybridized carbons (Fsp3) is 0.290. The van der Waals surface area contributed by atoms with E-state index in [0.29, 0.717) is 5.92 Å². The number of hydrogen-bond donors (Lipinski definition) is 0. The van der Waals surface area contributed by atoms with E-state index in [-0.39, 0.29) is 7.25 Å². The number of aryl methyl sites for hydroxylation is 1. The summed E-state index contributed by atoms with van der Waals surface area (Å²) in [4.78, 5) is 0. The molecule has 0 spiro atoms. The second-order valence-corrected chi connectivity index (χ2v) is 53.8. The summed E-state index contributed by atoms with van der Waals surface area (Å²) in [5.74, 6) is -1.09. The summed E-state index contributed by atoms with van der Waals surface area (Å²) >= 11 is -4.59. The van der Waals surface area contributed by atoms with Gasteiger partial charge in [-0.3, -0.25) is 0 Å². The summed E-state index contributed by atoms with van der Waals surface area (Å²) in [6, 6.07) is 24.3. The molecule has 2 atom stereocenters. The molecule has 0 saturated carbocycles. The van der Waals surface area contributed by atoms with Crippen molar-refractivity contribution in [2.24, 2.45) is 5.92 Å². The molecule has 35 heavy (non-hydrogen) atoms. The van der Waals surface area contributed by atoms with Crippen LogP contribution in [0.25, 0.3) is 23.3 Å². The number of benzene rings is 3. The van der Waals surface area contributed by atoms with Gasteiger partial charge in [0.15, 0.2) is 0 Å². The van der Waals surface area contributed by atoms with Crippen molar-refractivity contribution >= 4 is 35.1 Å². The van der Waals surface area contributed by atoms with Gasteiger partial charge in [0.05, 0.1) is 0 Å². The molecule has 5 rings (SSSR count). The summed E-state index contributed by atoms with van der Waals surface area (Å²) in [5.41, 5.74) is 12.0. The summed E-state index contributed by atoms with van der Waals surface area (Å²) in [6.45, 7) is 13.9. The van der Waals surface area contributed by atoms with Crippen molar-refractivity contribution in [2.45, 2.75) is 48.0 Å². The van der Waals surface area contributed by atoms with E-state index in [1.54, 1.807) is 0 Å². The van der Waals surface area contributed by atoms with E-state index in [0.717, 1.165) is 0 Å². The first-order chi connectivity index (χ1) is 16.5. The average Bonchev–Trinajstić information content (AvgIpc) is 3.38. The first kappa shape index (κ1) is 25.5. The minimum absolute atomic E-state index is 0.141. The predicted molar refractivity (Wildman–Crippen MR) is 156 cm³/mol. The van der Waals surface area contributed by atoms with Crippen molar-refractivity contribution < 1.29 is 15.6 Å². The van der Waals surface area contributed by atoms with Crippen LogP contribution in [0.4, 0.5) is 0 Å². The molecule has 0 bridgehead atoms. The summed E-state index contributed by atoms with van der Waals surface area (Å²) < 4.78 is 0.310. The third-order valence-corrected chi connectivity index (χ3v) is 60.4. The molecular weight excluding hydrogens is 563 g/mol. The van der Waals surface area contributed by atoms with E-state index in [4.69, 9.17) is 17.0 Å².